The number of nitrogens with zero attached hydrogens (tertiary/aromatic N) is 2. The summed E-state index contributed by atoms with van der Waals surface area (Å²) in [6, 6.07) is 10.2. The predicted molar refractivity (Wildman–Crippen MR) is 136 cm³/mol. The second-order valence-electron chi connectivity index (χ2n) is 7.76. The molecule has 1 aliphatic heterocycles. The van der Waals surface area contributed by atoms with Crippen LogP contribution in [0.4, 0.5) is 21.6 Å². The molecule has 1 aliphatic rings. The summed E-state index contributed by atoms with van der Waals surface area (Å²) in [6.45, 7) is 0.216. The highest BCUT2D eigenvalue weighted by molar-refractivity contribution is 14.1. The zero-order chi connectivity index (χ0) is 25.5. The van der Waals surface area contributed by atoms with Gasteiger partial charge in [0.2, 0.25) is 10.0 Å². The first-order valence-electron chi connectivity index (χ1n) is 10.2. The number of pyridine rings is 1. The molecule has 2 heterocycles. The third-order valence-corrected chi connectivity index (χ3v) is 7.33. The van der Waals surface area contributed by atoms with E-state index in [-0.39, 0.29) is 35.1 Å². The number of carbonyl (C=O) groups is 1. The molecule has 4 rings (SSSR count). The second kappa shape index (κ2) is 9.47. The number of benzene rings is 2. The lowest BCUT2D eigenvalue weighted by molar-refractivity contribution is 0.0704. The molecular formula is C22H20FIN4O6S. The van der Waals surface area contributed by atoms with E-state index in [0.29, 0.717) is 21.2 Å². The number of hydrogen-bond acceptors (Lipinski definition) is 7. The van der Waals surface area contributed by atoms with Gasteiger partial charge in [0, 0.05) is 28.8 Å². The molecule has 3 aromatic rings. The topological polar surface area (TPSA) is 130 Å². The van der Waals surface area contributed by atoms with Gasteiger partial charge in [-0.25, -0.2) is 18.3 Å². The van der Waals surface area contributed by atoms with Crippen molar-refractivity contribution in [2.24, 2.45) is 7.05 Å². The predicted octanol–water partition coefficient (Wildman–Crippen LogP) is 3.11. The third kappa shape index (κ3) is 4.83. The maximum atomic E-state index is 14.5. The number of halogens is 2. The Bertz CT molecular complexity index is 1510. The number of anilines is 3. The molecular weight excluding hydrogens is 594 g/mol. The Morgan fingerprint density at radius 2 is 1.94 bits per heavy atom. The highest BCUT2D eigenvalue weighted by atomic mass is 127. The summed E-state index contributed by atoms with van der Waals surface area (Å²) in [5.74, 6) is -1.72. The van der Waals surface area contributed by atoms with Crippen molar-refractivity contribution in [3.8, 4) is 11.5 Å². The molecule has 0 unspecified atom stereocenters. The Labute approximate surface area is 213 Å². The van der Waals surface area contributed by atoms with Crippen LogP contribution in [0.5, 0.6) is 11.5 Å². The van der Waals surface area contributed by atoms with Crippen LogP contribution < -0.4 is 25.4 Å². The quantitative estimate of drug-likeness (QED) is 0.221. The van der Waals surface area contributed by atoms with Crippen molar-refractivity contribution in [3.63, 3.8) is 0 Å². The van der Waals surface area contributed by atoms with E-state index in [0.717, 1.165) is 16.9 Å². The minimum Gasteiger partial charge on any atom is -0.456 e. The molecule has 184 valence electrons. The van der Waals surface area contributed by atoms with Crippen molar-refractivity contribution in [1.29, 1.82) is 0 Å². The summed E-state index contributed by atoms with van der Waals surface area (Å²) in [6.07, 6.45) is 1.45. The van der Waals surface area contributed by atoms with Gasteiger partial charge in [0.15, 0.2) is 0 Å². The molecule has 35 heavy (non-hydrogen) atoms. The van der Waals surface area contributed by atoms with E-state index in [1.54, 1.807) is 24.3 Å². The van der Waals surface area contributed by atoms with Gasteiger partial charge in [0.1, 0.15) is 28.7 Å². The normalized spacial score (nSPS) is 12.9. The lowest BCUT2D eigenvalue weighted by Crippen LogP contribution is -2.27. The molecule has 0 saturated heterocycles. The number of nitrogens with one attached hydrogen (secondary N) is 2. The van der Waals surface area contributed by atoms with Gasteiger partial charge in [-0.15, -0.1) is 0 Å². The van der Waals surface area contributed by atoms with Crippen molar-refractivity contribution in [2.75, 3.05) is 22.4 Å². The summed E-state index contributed by atoms with van der Waals surface area (Å²) in [5, 5.41) is 12.1. The highest BCUT2D eigenvalue weighted by Gasteiger charge is 2.30. The molecule has 10 nitrogen and oxygen atoms in total. The zero-order valence-corrected chi connectivity index (χ0v) is 21.5. The van der Waals surface area contributed by atoms with Gasteiger partial charge >= 0.3 is 0 Å². The molecule has 2 aromatic carbocycles. The maximum Gasteiger partial charge on any atom is 0.282 e. The molecule has 0 radical (unpaired) electrons. The monoisotopic (exact) mass is 614 g/mol. The fourth-order valence-corrected chi connectivity index (χ4v) is 5.23. The van der Waals surface area contributed by atoms with Crippen LogP contribution in [0.3, 0.4) is 0 Å². The molecule has 1 amide bonds. The molecule has 0 bridgehead atoms. The lowest BCUT2D eigenvalue weighted by atomic mass is 10.1. The van der Waals surface area contributed by atoms with Gasteiger partial charge in [0.25, 0.3) is 11.5 Å². The van der Waals surface area contributed by atoms with Gasteiger partial charge in [-0.05, 0) is 59.3 Å². The van der Waals surface area contributed by atoms with Crippen molar-refractivity contribution >= 4 is 55.7 Å². The van der Waals surface area contributed by atoms with Crippen LogP contribution in [-0.4, -0.2) is 36.9 Å². The summed E-state index contributed by atoms with van der Waals surface area (Å²) in [7, 11) is -2.14. The van der Waals surface area contributed by atoms with Crippen LogP contribution in [0, 0.1) is 9.39 Å². The summed E-state index contributed by atoms with van der Waals surface area (Å²) >= 11 is 1.95. The van der Waals surface area contributed by atoms with Crippen LogP contribution in [0.25, 0.3) is 0 Å². The zero-order valence-electron chi connectivity index (χ0n) is 18.5. The molecule has 0 aliphatic carbocycles. The first-order valence-corrected chi connectivity index (χ1v) is 13.1. The van der Waals surface area contributed by atoms with Crippen LogP contribution >= 0.6 is 22.6 Å². The first kappa shape index (κ1) is 24.9. The van der Waals surface area contributed by atoms with Gasteiger partial charge < -0.3 is 10.1 Å². The molecule has 0 atom stereocenters. The Morgan fingerprint density at radius 3 is 2.60 bits per heavy atom. The van der Waals surface area contributed by atoms with E-state index in [1.807, 2.05) is 22.6 Å². The average molecular weight is 614 g/mol. The Kier molecular flexibility index (Phi) is 6.75. The molecule has 3 N–H and O–H groups in total. The minimum absolute atomic E-state index is 0.00560. The number of amides is 1. The van der Waals surface area contributed by atoms with Crippen molar-refractivity contribution in [2.45, 2.75) is 6.42 Å². The smallest absolute Gasteiger partial charge is 0.282 e. The molecule has 1 aromatic heterocycles. The largest absolute Gasteiger partial charge is 0.456 e. The van der Waals surface area contributed by atoms with Gasteiger partial charge in [-0.1, -0.05) is 6.07 Å². The van der Waals surface area contributed by atoms with Crippen molar-refractivity contribution in [1.82, 2.24) is 10.0 Å². The van der Waals surface area contributed by atoms with E-state index in [9.17, 15) is 27.6 Å². The van der Waals surface area contributed by atoms with Gasteiger partial charge in [-0.3, -0.25) is 23.7 Å². The molecule has 0 saturated carbocycles. The number of hydrogen-bond donors (Lipinski definition) is 3. The number of carbonyl (C=O) groups excluding carboxylic acids is 1. The van der Waals surface area contributed by atoms with Gasteiger partial charge in [-0.2, -0.15) is 0 Å². The fourth-order valence-electron chi connectivity index (χ4n) is 3.83. The Hall–Kier alpha value is -3.17. The number of ether oxygens (including phenoxy) is 1. The van der Waals surface area contributed by atoms with Crippen molar-refractivity contribution < 1.29 is 27.5 Å². The first-order chi connectivity index (χ1) is 16.5. The molecule has 13 heteroatoms. The van der Waals surface area contributed by atoms with Crippen LogP contribution in [0.2, 0.25) is 0 Å². The Morgan fingerprint density at radius 1 is 1.20 bits per heavy atom. The molecule has 0 spiro atoms. The third-order valence-electron chi connectivity index (χ3n) is 5.48. The average Bonchev–Trinajstić information content (AvgIpc) is 3.24. The standard InChI is InChI=1S/C22H20FIN4O6S/c1-27-19(29)11-18(34-17-5-3-4-16-13(17)8-9-28(16)35(2,32)33)20(22(30)26-31)21(27)25-15-7-6-12(24)10-14(15)23/h3-7,10-11,25,31H,8-9H2,1-2H3,(H,26,30). The van der Waals surface area contributed by atoms with Crippen LogP contribution in [0.1, 0.15) is 15.9 Å². The van der Waals surface area contributed by atoms with Gasteiger partial charge in [0.05, 0.1) is 17.6 Å². The summed E-state index contributed by atoms with van der Waals surface area (Å²) in [4.78, 5) is 25.4. The lowest BCUT2D eigenvalue weighted by Gasteiger charge is -2.20. The highest BCUT2D eigenvalue weighted by Crippen LogP contribution is 2.40. The minimum atomic E-state index is -3.51. The van der Waals surface area contributed by atoms with E-state index in [4.69, 9.17) is 4.74 Å². The van der Waals surface area contributed by atoms with E-state index < -0.39 is 27.3 Å². The second-order valence-corrected chi connectivity index (χ2v) is 10.9. The number of rotatable bonds is 6. The fraction of sp³-hybridized carbons (Fsp3) is 0.182. The van der Waals surface area contributed by atoms with E-state index in [2.05, 4.69) is 5.32 Å². The SMILES string of the molecule is Cn1c(Nc2ccc(I)cc2F)c(C(=O)NO)c(Oc2cccc3c2CCN3S(C)(=O)=O)cc1=O. The summed E-state index contributed by atoms with van der Waals surface area (Å²) < 4.78 is 47.7. The van der Waals surface area contributed by atoms with Crippen molar-refractivity contribution in [3.05, 3.63) is 73.3 Å². The molecule has 0 fully saturated rings. The number of aromatic nitrogens is 1. The number of hydroxylamine groups is 1. The number of fused-ring (bicyclic) bond motifs is 1. The van der Waals surface area contributed by atoms with Crippen LogP contribution in [0.15, 0.2) is 47.3 Å². The van der Waals surface area contributed by atoms with E-state index in [1.165, 1.54) is 29.0 Å². The maximum absolute atomic E-state index is 14.5. The van der Waals surface area contributed by atoms with E-state index >= 15 is 0 Å². The summed E-state index contributed by atoms with van der Waals surface area (Å²) in [5.41, 5.74) is 1.69. The van der Waals surface area contributed by atoms with Crippen LogP contribution in [-0.2, 0) is 23.5 Å². The Balaban J connectivity index is 1.85. The number of sulfonamides is 1.